The first kappa shape index (κ1) is 15.4. The number of carbonyl (C=O) groups excluding carboxylic acids is 1. The average Bonchev–Trinajstić information content (AvgIpc) is 2.70. The number of rotatable bonds is 3. The summed E-state index contributed by atoms with van der Waals surface area (Å²) in [6.45, 7) is 0.945. The Morgan fingerprint density at radius 2 is 1.83 bits per heavy atom. The second-order valence-electron chi connectivity index (χ2n) is 7.81. The molecule has 2 saturated heterocycles. The molecule has 4 aliphatic rings. The maximum atomic E-state index is 13.1. The topological polar surface area (TPSA) is 37.4 Å². The summed E-state index contributed by atoms with van der Waals surface area (Å²) in [5.74, 6) is 3.12. The zero-order valence-corrected chi connectivity index (χ0v) is 14.6. The zero-order valence-electron chi connectivity index (χ0n) is 13.7. The third-order valence-corrected chi connectivity index (χ3v) is 6.65. The molecule has 2 aliphatic heterocycles. The zero-order chi connectivity index (χ0) is 16.0. The third kappa shape index (κ3) is 3.10. The fraction of sp³-hybridized carbons (Fsp3) is 0.632. The number of fused-ring (bicyclic) bond motifs is 1. The van der Waals surface area contributed by atoms with Gasteiger partial charge in [0.15, 0.2) is 0 Å². The van der Waals surface area contributed by atoms with Crippen LogP contribution in [0.3, 0.4) is 0 Å². The van der Waals surface area contributed by atoms with Crippen LogP contribution in [0.2, 0.25) is 0 Å². The van der Waals surface area contributed by atoms with Crippen molar-refractivity contribution in [3.63, 3.8) is 0 Å². The molecule has 3 unspecified atom stereocenters. The third-order valence-electron chi connectivity index (χ3n) is 5.91. The molecule has 23 heavy (non-hydrogen) atoms. The monoisotopic (exact) mass is 331 g/mol. The van der Waals surface area contributed by atoms with Gasteiger partial charge in [-0.1, -0.05) is 12.1 Å². The Labute approximate surface area is 140 Å². The van der Waals surface area contributed by atoms with E-state index in [2.05, 4.69) is 4.90 Å². The molecule has 2 saturated carbocycles. The number of benzene rings is 1. The molecule has 2 heterocycles. The molecular weight excluding hydrogens is 306 g/mol. The molecular formula is C19H25NO2S. The summed E-state index contributed by atoms with van der Waals surface area (Å²) in [4.78, 5) is 15.3. The Bertz CT molecular complexity index is 630. The van der Waals surface area contributed by atoms with Crippen LogP contribution in [0.4, 0.5) is 0 Å². The molecule has 1 amide bonds. The van der Waals surface area contributed by atoms with Gasteiger partial charge >= 0.3 is 0 Å². The van der Waals surface area contributed by atoms with Crippen LogP contribution in [0.1, 0.15) is 48.0 Å². The molecule has 124 valence electrons. The Balaban J connectivity index is 1.58. The van der Waals surface area contributed by atoms with Gasteiger partial charge < -0.3 is 4.90 Å². The SMILES string of the molecule is CS(=O)Cc1cccc(C(=O)N2CC3CC4CC(C3)CC2C4)c1. The van der Waals surface area contributed by atoms with Crippen LogP contribution in [0.15, 0.2) is 24.3 Å². The number of amides is 1. The molecule has 1 aromatic rings. The number of carbonyl (C=O) groups is 1. The lowest BCUT2D eigenvalue weighted by atomic mass is 9.68. The van der Waals surface area contributed by atoms with Gasteiger partial charge in [0, 0.05) is 41.0 Å². The molecule has 4 bridgehead atoms. The summed E-state index contributed by atoms with van der Waals surface area (Å²) < 4.78 is 11.4. The molecule has 3 atom stereocenters. The molecule has 4 heteroatoms. The van der Waals surface area contributed by atoms with Gasteiger partial charge in [0.2, 0.25) is 0 Å². The van der Waals surface area contributed by atoms with Crippen molar-refractivity contribution in [3.8, 4) is 0 Å². The molecule has 3 nitrogen and oxygen atoms in total. The summed E-state index contributed by atoms with van der Waals surface area (Å²) >= 11 is 0. The molecule has 0 spiro atoms. The maximum Gasteiger partial charge on any atom is 0.254 e. The highest BCUT2D eigenvalue weighted by Gasteiger charge is 2.44. The normalized spacial score (nSPS) is 33.5. The first-order valence-corrected chi connectivity index (χ1v) is 10.5. The van der Waals surface area contributed by atoms with Crippen molar-refractivity contribution in [1.82, 2.24) is 4.90 Å². The lowest BCUT2D eigenvalue weighted by Crippen LogP contribution is -2.42. The summed E-state index contributed by atoms with van der Waals surface area (Å²) in [5, 5.41) is 0. The summed E-state index contributed by atoms with van der Waals surface area (Å²) in [7, 11) is -0.874. The lowest BCUT2D eigenvalue weighted by Gasteiger charge is -2.39. The van der Waals surface area contributed by atoms with Crippen molar-refractivity contribution in [2.75, 3.05) is 12.8 Å². The molecule has 0 aromatic heterocycles. The highest BCUT2D eigenvalue weighted by atomic mass is 32.2. The fourth-order valence-electron chi connectivity index (χ4n) is 5.23. The van der Waals surface area contributed by atoms with Gasteiger partial charge in [-0.15, -0.1) is 0 Å². The fourth-order valence-corrected chi connectivity index (χ4v) is 5.88. The highest BCUT2D eigenvalue weighted by molar-refractivity contribution is 7.83. The highest BCUT2D eigenvalue weighted by Crippen LogP contribution is 2.47. The minimum atomic E-state index is -0.874. The first-order valence-electron chi connectivity index (χ1n) is 8.78. The number of hydrogen-bond donors (Lipinski definition) is 0. The van der Waals surface area contributed by atoms with Gasteiger partial charge in [-0.25, -0.2) is 0 Å². The van der Waals surface area contributed by atoms with E-state index in [1.54, 1.807) is 6.26 Å². The van der Waals surface area contributed by atoms with E-state index < -0.39 is 10.8 Å². The predicted molar refractivity (Wildman–Crippen MR) is 92.6 cm³/mol. The number of nitrogens with zero attached hydrogens (tertiary/aromatic N) is 1. The Kier molecular flexibility index (Phi) is 4.04. The van der Waals surface area contributed by atoms with Crippen LogP contribution >= 0.6 is 0 Å². The van der Waals surface area contributed by atoms with Gasteiger partial charge in [0.25, 0.3) is 5.91 Å². The average molecular weight is 331 g/mol. The van der Waals surface area contributed by atoms with Gasteiger partial charge in [-0.05, 0) is 67.6 Å². The largest absolute Gasteiger partial charge is 0.335 e. The minimum absolute atomic E-state index is 0.187. The summed E-state index contributed by atoms with van der Waals surface area (Å²) in [6, 6.07) is 8.20. The van der Waals surface area contributed by atoms with E-state index in [0.29, 0.717) is 17.7 Å². The Morgan fingerprint density at radius 1 is 1.13 bits per heavy atom. The molecule has 0 N–H and O–H groups in total. The van der Waals surface area contributed by atoms with E-state index in [4.69, 9.17) is 0 Å². The van der Waals surface area contributed by atoms with E-state index in [1.165, 1.54) is 32.1 Å². The van der Waals surface area contributed by atoms with Crippen molar-refractivity contribution in [3.05, 3.63) is 35.4 Å². The van der Waals surface area contributed by atoms with Gasteiger partial charge in [0.05, 0.1) is 0 Å². The lowest BCUT2D eigenvalue weighted by molar-refractivity contribution is 0.0632. The van der Waals surface area contributed by atoms with E-state index in [9.17, 15) is 9.00 Å². The van der Waals surface area contributed by atoms with Crippen LogP contribution in [0.25, 0.3) is 0 Å². The van der Waals surface area contributed by atoms with Crippen molar-refractivity contribution < 1.29 is 9.00 Å². The summed E-state index contributed by atoms with van der Waals surface area (Å²) in [6.07, 6.45) is 8.16. The number of hydrogen-bond acceptors (Lipinski definition) is 2. The van der Waals surface area contributed by atoms with Gasteiger partial charge in [0.1, 0.15) is 0 Å². The van der Waals surface area contributed by atoms with E-state index in [-0.39, 0.29) is 5.91 Å². The maximum absolute atomic E-state index is 13.1. The molecule has 4 fully saturated rings. The van der Waals surface area contributed by atoms with Crippen molar-refractivity contribution in [2.45, 2.75) is 43.9 Å². The summed E-state index contributed by atoms with van der Waals surface area (Å²) in [5.41, 5.74) is 1.77. The molecule has 1 aromatic carbocycles. The molecule has 5 rings (SSSR count). The van der Waals surface area contributed by atoms with Crippen LogP contribution in [0.5, 0.6) is 0 Å². The molecule has 2 aliphatic carbocycles. The minimum Gasteiger partial charge on any atom is -0.335 e. The van der Waals surface area contributed by atoms with Crippen LogP contribution in [0, 0.1) is 17.8 Å². The van der Waals surface area contributed by atoms with Crippen LogP contribution in [-0.4, -0.2) is 33.9 Å². The van der Waals surface area contributed by atoms with Crippen LogP contribution in [-0.2, 0) is 16.6 Å². The molecule has 0 radical (unpaired) electrons. The smallest absolute Gasteiger partial charge is 0.254 e. The Morgan fingerprint density at radius 3 is 2.52 bits per heavy atom. The van der Waals surface area contributed by atoms with Crippen molar-refractivity contribution in [1.29, 1.82) is 0 Å². The van der Waals surface area contributed by atoms with Gasteiger partial charge in [-0.2, -0.15) is 0 Å². The Hall–Kier alpha value is -1.16. The van der Waals surface area contributed by atoms with Crippen molar-refractivity contribution in [2.24, 2.45) is 17.8 Å². The van der Waals surface area contributed by atoms with E-state index >= 15 is 0 Å². The van der Waals surface area contributed by atoms with Crippen LogP contribution < -0.4 is 0 Å². The second-order valence-corrected chi connectivity index (χ2v) is 9.24. The van der Waals surface area contributed by atoms with Crippen molar-refractivity contribution >= 4 is 16.7 Å². The second kappa shape index (κ2) is 6.04. The van der Waals surface area contributed by atoms with E-state index in [1.807, 2.05) is 24.3 Å². The predicted octanol–water partition coefficient (Wildman–Crippen LogP) is 3.22. The first-order chi connectivity index (χ1) is 11.1. The van der Waals surface area contributed by atoms with Gasteiger partial charge in [-0.3, -0.25) is 9.00 Å². The standard InChI is InChI=1S/C19H25NO2S/c1-23(22)12-13-3-2-4-17(8-13)19(21)20-11-16-6-14-5-15(7-16)10-18(20)9-14/h2-4,8,14-16,18H,5-7,9-12H2,1H3. The quantitative estimate of drug-likeness (QED) is 0.853. The van der Waals surface area contributed by atoms with E-state index in [0.717, 1.165) is 29.5 Å².